The number of amides is 1. The van der Waals surface area contributed by atoms with Crippen LogP contribution >= 0.6 is 15.9 Å². The van der Waals surface area contributed by atoms with Gasteiger partial charge in [0.2, 0.25) is 5.91 Å². The monoisotopic (exact) mass is 297 g/mol. The highest BCUT2D eigenvalue weighted by Crippen LogP contribution is 2.19. The van der Waals surface area contributed by atoms with Crippen molar-refractivity contribution in [2.24, 2.45) is 0 Å². The number of alkyl halides is 1. The molecule has 0 spiro atoms. The Bertz CT molecular complexity index is 339. The molecular formula is C14H20BrNO. The molecule has 0 radical (unpaired) electrons. The number of hydrogen-bond donors (Lipinski definition) is 1. The molecule has 0 aliphatic carbocycles. The van der Waals surface area contributed by atoms with Crippen molar-refractivity contribution in [2.75, 3.05) is 5.33 Å². The third-order valence-electron chi connectivity index (χ3n) is 2.86. The fraction of sp³-hybridized carbons (Fsp3) is 0.500. The molecule has 2 nitrogen and oxygen atoms in total. The smallest absolute Gasteiger partial charge is 0.227 e. The second-order valence-corrected chi connectivity index (χ2v) is 5.05. The van der Waals surface area contributed by atoms with Crippen molar-refractivity contribution >= 4 is 21.8 Å². The largest absolute Gasteiger partial charge is 0.353 e. The zero-order chi connectivity index (χ0) is 12.7. The molecule has 2 atom stereocenters. The number of halogens is 1. The topological polar surface area (TPSA) is 29.1 Å². The van der Waals surface area contributed by atoms with E-state index in [9.17, 15) is 4.79 Å². The number of carbonyl (C=O) groups excluding carboxylic acids is 1. The first kappa shape index (κ1) is 14.2. The molecule has 1 amide bonds. The van der Waals surface area contributed by atoms with E-state index in [1.165, 1.54) is 0 Å². The highest BCUT2D eigenvalue weighted by Gasteiger charge is 2.19. The molecule has 0 bridgehead atoms. The molecule has 1 rings (SSSR count). The molecule has 17 heavy (non-hydrogen) atoms. The summed E-state index contributed by atoms with van der Waals surface area (Å²) in [5.41, 5.74) is 1.10. The van der Waals surface area contributed by atoms with Gasteiger partial charge < -0.3 is 5.32 Å². The fourth-order valence-corrected chi connectivity index (χ4v) is 2.52. The quantitative estimate of drug-likeness (QED) is 0.801. The van der Waals surface area contributed by atoms with Crippen LogP contribution in [0.15, 0.2) is 30.3 Å². The molecule has 0 saturated carbocycles. The molecule has 1 N–H and O–H groups in total. The van der Waals surface area contributed by atoms with Crippen molar-refractivity contribution in [3.63, 3.8) is 0 Å². The minimum atomic E-state index is -0.0334. The van der Waals surface area contributed by atoms with Crippen LogP contribution in [-0.4, -0.2) is 17.3 Å². The van der Waals surface area contributed by atoms with Crippen LogP contribution in [0.4, 0.5) is 0 Å². The van der Waals surface area contributed by atoms with Gasteiger partial charge in [0, 0.05) is 11.4 Å². The minimum absolute atomic E-state index is 0.0334. The molecule has 0 aliphatic heterocycles. The van der Waals surface area contributed by atoms with Crippen molar-refractivity contribution in [3.8, 4) is 0 Å². The first-order valence-corrected chi connectivity index (χ1v) is 7.22. The van der Waals surface area contributed by atoms with Crippen LogP contribution in [0.2, 0.25) is 0 Å². The van der Waals surface area contributed by atoms with Gasteiger partial charge in [-0.25, -0.2) is 0 Å². The highest BCUT2D eigenvalue weighted by molar-refractivity contribution is 9.09. The summed E-state index contributed by atoms with van der Waals surface area (Å²) < 4.78 is 0. The van der Waals surface area contributed by atoms with E-state index in [4.69, 9.17) is 0 Å². The van der Waals surface area contributed by atoms with Gasteiger partial charge in [0.1, 0.15) is 0 Å². The van der Waals surface area contributed by atoms with E-state index >= 15 is 0 Å². The number of nitrogens with one attached hydrogen (secondary N) is 1. The molecule has 1 aromatic rings. The van der Waals surface area contributed by atoms with Gasteiger partial charge in [-0.3, -0.25) is 4.79 Å². The Labute approximate surface area is 112 Å². The summed E-state index contributed by atoms with van der Waals surface area (Å²) in [6.45, 7) is 4.09. The number of benzene rings is 1. The molecule has 94 valence electrons. The van der Waals surface area contributed by atoms with Crippen molar-refractivity contribution < 1.29 is 4.79 Å². The van der Waals surface area contributed by atoms with Crippen LogP contribution in [0.5, 0.6) is 0 Å². The maximum Gasteiger partial charge on any atom is 0.227 e. The summed E-state index contributed by atoms with van der Waals surface area (Å²) in [6.07, 6.45) is 1.79. The SMILES string of the molecule is CCC(C(=O)NC(C)CCBr)c1ccccc1. The molecule has 1 aromatic carbocycles. The van der Waals surface area contributed by atoms with Crippen molar-refractivity contribution in [2.45, 2.75) is 38.6 Å². The minimum Gasteiger partial charge on any atom is -0.353 e. The van der Waals surface area contributed by atoms with E-state index in [1.807, 2.05) is 44.2 Å². The predicted octanol–water partition coefficient (Wildman–Crippen LogP) is 3.47. The lowest BCUT2D eigenvalue weighted by Crippen LogP contribution is -2.36. The third-order valence-corrected chi connectivity index (χ3v) is 3.32. The summed E-state index contributed by atoms with van der Waals surface area (Å²) in [4.78, 5) is 12.1. The molecule has 0 saturated heterocycles. The second kappa shape index (κ2) is 7.49. The summed E-state index contributed by atoms with van der Waals surface area (Å²) in [5, 5.41) is 3.97. The summed E-state index contributed by atoms with van der Waals surface area (Å²) in [6, 6.07) is 10.2. The van der Waals surface area contributed by atoms with Gasteiger partial charge in [0.25, 0.3) is 0 Å². The van der Waals surface area contributed by atoms with Gasteiger partial charge in [-0.2, -0.15) is 0 Å². The van der Waals surface area contributed by atoms with E-state index in [0.717, 1.165) is 23.7 Å². The van der Waals surface area contributed by atoms with Gasteiger partial charge in [-0.15, -0.1) is 0 Å². The Morgan fingerprint density at radius 2 is 2.00 bits per heavy atom. The first-order valence-electron chi connectivity index (χ1n) is 6.10. The molecule has 3 heteroatoms. The third kappa shape index (κ3) is 4.50. The average molecular weight is 298 g/mol. The van der Waals surface area contributed by atoms with Gasteiger partial charge in [-0.1, -0.05) is 53.2 Å². The van der Waals surface area contributed by atoms with Crippen molar-refractivity contribution in [1.82, 2.24) is 5.32 Å². The van der Waals surface area contributed by atoms with E-state index in [0.29, 0.717) is 0 Å². The zero-order valence-electron chi connectivity index (χ0n) is 10.4. The highest BCUT2D eigenvalue weighted by atomic mass is 79.9. The predicted molar refractivity (Wildman–Crippen MR) is 75.5 cm³/mol. The van der Waals surface area contributed by atoms with Crippen LogP contribution < -0.4 is 5.32 Å². The van der Waals surface area contributed by atoms with Crippen LogP contribution in [0.3, 0.4) is 0 Å². The Morgan fingerprint density at radius 3 is 2.53 bits per heavy atom. The summed E-state index contributed by atoms with van der Waals surface area (Å²) in [5.74, 6) is 0.0983. The summed E-state index contributed by atoms with van der Waals surface area (Å²) >= 11 is 3.39. The molecule has 0 aromatic heterocycles. The van der Waals surface area contributed by atoms with Crippen molar-refractivity contribution in [3.05, 3.63) is 35.9 Å². The fourth-order valence-electron chi connectivity index (χ4n) is 1.84. The normalized spacial score (nSPS) is 14.1. The van der Waals surface area contributed by atoms with Crippen molar-refractivity contribution in [1.29, 1.82) is 0 Å². The lowest BCUT2D eigenvalue weighted by Gasteiger charge is -2.19. The van der Waals surface area contributed by atoms with E-state index in [-0.39, 0.29) is 17.9 Å². The van der Waals surface area contributed by atoms with Gasteiger partial charge in [0.05, 0.1) is 5.92 Å². The Balaban J connectivity index is 2.65. The summed E-state index contributed by atoms with van der Waals surface area (Å²) in [7, 11) is 0. The number of hydrogen-bond acceptors (Lipinski definition) is 1. The van der Waals surface area contributed by atoms with Crippen LogP contribution in [-0.2, 0) is 4.79 Å². The van der Waals surface area contributed by atoms with E-state index < -0.39 is 0 Å². The van der Waals surface area contributed by atoms with Gasteiger partial charge in [-0.05, 0) is 25.3 Å². The average Bonchev–Trinajstić information content (AvgIpc) is 2.31. The van der Waals surface area contributed by atoms with Crippen LogP contribution in [0, 0.1) is 0 Å². The molecule has 0 fully saturated rings. The van der Waals surface area contributed by atoms with Crippen LogP contribution in [0.1, 0.15) is 38.2 Å². The maximum absolute atomic E-state index is 12.1. The van der Waals surface area contributed by atoms with E-state index in [2.05, 4.69) is 21.2 Å². The molecule has 0 aliphatic rings. The zero-order valence-corrected chi connectivity index (χ0v) is 12.0. The Hall–Kier alpha value is -0.830. The molecule has 0 heterocycles. The Kier molecular flexibility index (Phi) is 6.27. The maximum atomic E-state index is 12.1. The van der Waals surface area contributed by atoms with Gasteiger partial charge >= 0.3 is 0 Å². The number of rotatable bonds is 6. The van der Waals surface area contributed by atoms with Crippen LogP contribution in [0.25, 0.3) is 0 Å². The second-order valence-electron chi connectivity index (χ2n) is 4.26. The number of carbonyl (C=O) groups is 1. The lowest BCUT2D eigenvalue weighted by atomic mass is 9.95. The van der Waals surface area contributed by atoms with Gasteiger partial charge in [0.15, 0.2) is 0 Å². The first-order chi connectivity index (χ1) is 8.19. The Morgan fingerprint density at radius 1 is 1.35 bits per heavy atom. The van der Waals surface area contributed by atoms with E-state index in [1.54, 1.807) is 0 Å². The molecule has 2 unspecified atom stereocenters. The standard InChI is InChI=1S/C14H20BrNO/c1-3-13(12-7-5-4-6-8-12)14(17)16-11(2)9-10-15/h4-8,11,13H,3,9-10H2,1-2H3,(H,16,17). The lowest BCUT2D eigenvalue weighted by molar-refractivity contribution is -0.123. The molecular weight excluding hydrogens is 278 g/mol.